The van der Waals surface area contributed by atoms with Crippen molar-refractivity contribution in [1.82, 2.24) is 4.98 Å². The van der Waals surface area contributed by atoms with Gasteiger partial charge >= 0.3 is 5.97 Å². The average Bonchev–Trinajstić information content (AvgIpc) is 2.62. The summed E-state index contributed by atoms with van der Waals surface area (Å²) in [6.45, 7) is 0. The number of hydrogen-bond donors (Lipinski definition) is 1. The van der Waals surface area contributed by atoms with Crippen LogP contribution in [0.25, 0.3) is 0 Å². The minimum atomic E-state index is -0.972. The van der Waals surface area contributed by atoms with E-state index in [2.05, 4.69) is 4.98 Å². The van der Waals surface area contributed by atoms with Crippen LogP contribution in [-0.2, 0) is 4.79 Å². The van der Waals surface area contributed by atoms with Crippen LogP contribution in [0.15, 0.2) is 90.7 Å². The number of carbonyl (C=O) groups is 1. The van der Waals surface area contributed by atoms with Crippen LogP contribution in [0.4, 0.5) is 0 Å². The topological polar surface area (TPSA) is 68.7 Å². The third-order valence-corrected chi connectivity index (χ3v) is 3.31. The van der Waals surface area contributed by atoms with E-state index in [0.29, 0.717) is 22.8 Å². The maximum absolute atomic E-state index is 11.4. The molecule has 1 heterocycles. The van der Waals surface area contributed by atoms with Crippen LogP contribution < -0.4 is 9.47 Å². The van der Waals surface area contributed by atoms with Gasteiger partial charge in [-0.2, -0.15) is 0 Å². The quantitative estimate of drug-likeness (QED) is 0.853. The van der Waals surface area contributed by atoms with Gasteiger partial charge in [0.2, 0.25) is 0 Å². The van der Waals surface area contributed by atoms with Crippen molar-refractivity contribution >= 4 is 5.97 Å². The van der Waals surface area contributed by atoms with Crippen LogP contribution in [0.1, 0.15) is 0 Å². The largest absolute Gasteiger partial charge is 0.480 e. The fraction of sp³-hybridized carbons (Fsp3) is 0.0526. The Labute approximate surface area is 139 Å². The van der Waals surface area contributed by atoms with Gasteiger partial charge in [0.1, 0.15) is 23.2 Å². The number of carboxylic acid groups (broad SMARTS) is 1. The molecule has 1 aliphatic rings. The fourth-order valence-corrected chi connectivity index (χ4v) is 2.15. The zero-order valence-corrected chi connectivity index (χ0v) is 12.7. The number of rotatable bonds is 5. The van der Waals surface area contributed by atoms with Crippen molar-refractivity contribution in [2.24, 2.45) is 5.92 Å². The normalized spacial score (nSPS) is 18.1. The molecule has 120 valence electrons. The molecule has 24 heavy (non-hydrogen) atoms. The van der Waals surface area contributed by atoms with Gasteiger partial charge in [0.15, 0.2) is 0 Å². The Kier molecular flexibility index (Phi) is 4.72. The molecule has 1 aromatic heterocycles. The molecule has 0 fully saturated rings. The van der Waals surface area contributed by atoms with Crippen LogP contribution >= 0.6 is 0 Å². The van der Waals surface area contributed by atoms with E-state index in [-0.39, 0.29) is 0 Å². The highest BCUT2D eigenvalue weighted by Gasteiger charge is 2.24. The lowest BCUT2D eigenvalue weighted by molar-refractivity contribution is -0.139. The number of hydrogen-bond acceptors (Lipinski definition) is 4. The lowest BCUT2D eigenvalue weighted by Crippen LogP contribution is -2.19. The van der Waals surface area contributed by atoms with Crippen molar-refractivity contribution in [1.29, 1.82) is 0 Å². The highest BCUT2D eigenvalue weighted by atomic mass is 16.5. The first-order valence-corrected chi connectivity index (χ1v) is 7.35. The zero-order chi connectivity index (χ0) is 16.8. The highest BCUT2D eigenvalue weighted by molar-refractivity contribution is 5.76. The number of nitrogens with zero attached hydrogens (tertiary/aromatic N) is 1. The number of benzene rings is 1. The molecule has 0 amide bonds. The molecular weight excluding hydrogens is 306 g/mol. The Bertz CT molecular complexity index is 795. The number of allylic oxidation sites excluding steroid dienone is 3. The van der Waals surface area contributed by atoms with Crippen LogP contribution in [-0.4, -0.2) is 16.1 Å². The van der Waals surface area contributed by atoms with E-state index < -0.39 is 11.9 Å². The SMILES string of the molecule is O=C(O)C1C=C/C(=C/Oc2cccnc2)C=C1Oc1ccccc1. The van der Waals surface area contributed by atoms with E-state index in [9.17, 15) is 9.90 Å². The summed E-state index contributed by atoms with van der Waals surface area (Å²) in [5.41, 5.74) is 0.697. The van der Waals surface area contributed by atoms with E-state index in [1.54, 1.807) is 54.9 Å². The number of para-hydroxylation sites is 1. The molecule has 0 spiro atoms. The van der Waals surface area contributed by atoms with Crippen LogP contribution in [0.5, 0.6) is 11.5 Å². The maximum atomic E-state index is 11.4. The molecule has 1 aliphatic carbocycles. The minimum Gasteiger partial charge on any atom is -0.480 e. The molecule has 0 saturated carbocycles. The van der Waals surface area contributed by atoms with Crippen molar-refractivity contribution in [3.05, 3.63) is 90.7 Å². The molecule has 0 aliphatic heterocycles. The molecular formula is C19H15NO4. The summed E-state index contributed by atoms with van der Waals surface area (Å²) in [7, 11) is 0. The molecule has 1 atom stereocenters. The van der Waals surface area contributed by atoms with E-state index in [1.807, 2.05) is 18.2 Å². The first kappa shape index (κ1) is 15.6. The van der Waals surface area contributed by atoms with E-state index >= 15 is 0 Å². The summed E-state index contributed by atoms with van der Waals surface area (Å²) in [5, 5.41) is 9.35. The van der Waals surface area contributed by atoms with Crippen molar-refractivity contribution in [3.8, 4) is 11.5 Å². The fourth-order valence-electron chi connectivity index (χ4n) is 2.15. The predicted molar refractivity (Wildman–Crippen MR) is 88.4 cm³/mol. The zero-order valence-electron chi connectivity index (χ0n) is 12.7. The van der Waals surface area contributed by atoms with Gasteiger partial charge in [-0.1, -0.05) is 30.4 Å². The summed E-state index contributed by atoms with van der Waals surface area (Å²) in [6.07, 6.45) is 9.69. The lowest BCUT2D eigenvalue weighted by Gasteiger charge is -2.18. The Morgan fingerprint density at radius 3 is 2.62 bits per heavy atom. The molecule has 1 aromatic carbocycles. The van der Waals surface area contributed by atoms with Gasteiger partial charge in [0.25, 0.3) is 0 Å². The molecule has 3 rings (SSSR count). The Morgan fingerprint density at radius 2 is 1.92 bits per heavy atom. The Morgan fingerprint density at radius 1 is 1.12 bits per heavy atom. The summed E-state index contributed by atoms with van der Waals surface area (Å²) < 4.78 is 11.2. The molecule has 5 nitrogen and oxygen atoms in total. The molecule has 0 bridgehead atoms. The van der Waals surface area contributed by atoms with Gasteiger partial charge in [-0.05, 0) is 30.3 Å². The van der Waals surface area contributed by atoms with Crippen molar-refractivity contribution in [2.45, 2.75) is 0 Å². The van der Waals surface area contributed by atoms with Crippen LogP contribution in [0, 0.1) is 5.92 Å². The standard InChI is InChI=1S/C19H15NO4/c21-19(22)17-9-8-14(13-23-16-7-4-10-20-12-16)11-18(17)24-15-5-2-1-3-6-15/h1-13,17H,(H,21,22)/b14-13-. The number of pyridine rings is 1. The van der Waals surface area contributed by atoms with E-state index in [1.165, 1.54) is 6.26 Å². The molecule has 5 heteroatoms. The van der Waals surface area contributed by atoms with Crippen molar-refractivity contribution < 1.29 is 19.4 Å². The first-order valence-electron chi connectivity index (χ1n) is 7.35. The lowest BCUT2D eigenvalue weighted by atomic mass is 9.98. The predicted octanol–water partition coefficient (Wildman–Crippen LogP) is 3.58. The van der Waals surface area contributed by atoms with E-state index in [4.69, 9.17) is 9.47 Å². The second-order valence-corrected chi connectivity index (χ2v) is 5.06. The van der Waals surface area contributed by atoms with Gasteiger partial charge in [-0.15, -0.1) is 0 Å². The number of aliphatic carboxylic acids is 1. The Hall–Kier alpha value is -3.34. The van der Waals surface area contributed by atoms with E-state index in [0.717, 1.165) is 0 Å². The molecule has 0 saturated heterocycles. The average molecular weight is 321 g/mol. The van der Waals surface area contributed by atoms with Gasteiger partial charge in [-0.3, -0.25) is 9.78 Å². The van der Waals surface area contributed by atoms with Crippen molar-refractivity contribution in [3.63, 3.8) is 0 Å². The number of aromatic nitrogens is 1. The number of ether oxygens (including phenoxy) is 2. The smallest absolute Gasteiger partial charge is 0.318 e. The number of carboxylic acids is 1. The molecule has 1 N–H and O–H groups in total. The van der Waals surface area contributed by atoms with Crippen molar-refractivity contribution in [2.75, 3.05) is 0 Å². The minimum absolute atomic E-state index is 0.331. The summed E-state index contributed by atoms with van der Waals surface area (Å²) in [5.74, 6) is -0.297. The summed E-state index contributed by atoms with van der Waals surface area (Å²) in [4.78, 5) is 15.4. The van der Waals surface area contributed by atoms with Gasteiger partial charge in [0, 0.05) is 11.8 Å². The molecule has 1 unspecified atom stereocenters. The maximum Gasteiger partial charge on any atom is 0.318 e. The second-order valence-electron chi connectivity index (χ2n) is 5.06. The monoisotopic (exact) mass is 321 g/mol. The third-order valence-electron chi connectivity index (χ3n) is 3.31. The second kappa shape index (κ2) is 7.28. The van der Waals surface area contributed by atoms with Crippen LogP contribution in [0.3, 0.4) is 0 Å². The first-order chi connectivity index (χ1) is 11.7. The summed E-state index contributed by atoms with van der Waals surface area (Å²) >= 11 is 0. The van der Waals surface area contributed by atoms with Gasteiger partial charge in [0.05, 0.1) is 12.5 Å². The molecule has 0 radical (unpaired) electrons. The van der Waals surface area contributed by atoms with Gasteiger partial charge < -0.3 is 14.6 Å². The third kappa shape index (κ3) is 3.89. The highest BCUT2D eigenvalue weighted by Crippen LogP contribution is 2.26. The summed E-state index contributed by atoms with van der Waals surface area (Å²) in [6, 6.07) is 12.6. The van der Waals surface area contributed by atoms with Crippen LogP contribution in [0.2, 0.25) is 0 Å². The molecule has 2 aromatic rings. The Balaban J connectivity index is 1.81. The van der Waals surface area contributed by atoms with Gasteiger partial charge in [-0.25, -0.2) is 0 Å².